The smallest absolute Gasteiger partial charge is 0.254 e. The summed E-state index contributed by atoms with van der Waals surface area (Å²) in [7, 11) is 4.11. The van der Waals surface area contributed by atoms with Gasteiger partial charge in [-0.05, 0) is 32.1 Å². The summed E-state index contributed by atoms with van der Waals surface area (Å²) >= 11 is 0. The van der Waals surface area contributed by atoms with Gasteiger partial charge in [-0.2, -0.15) is 0 Å². The summed E-state index contributed by atoms with van der Waals surface area (Å²) in [6.45, 7) is 3.73. The van der Waals surface area contributed by atoms with Gasteiger partial charge >= 0.3 is 0 Å². The van der Waals surface area contributed by atoms with Gasteiger partial charge in [0.05, 0.1) is 0 Å². The lowest BCUT2D eigenvalue weighted by atomic mass is 10.1. The van der Waals surface area contributed by atoms with Crippen LogP contribution in [-0.2, 0) is 0 Å². The number of hydrazine groups is 1. The summed E-state index contributed by atoms with van der Waals surface area (Å²) < 4.78 is 0. The second kappa shape index (κ2) is 5.54. The molecule has 1 fully saturated rings. The van der Waals surface area contributed by atoms with Crippen molar-refractivity contribution in [2.45, 2.75) is 13.0 Å². The van der Waals surface area contributed by atoms with Crippen molar-refractivity contribution in [2.24, 2.45) is 11.8 Å². The fourth-order valence-electron chi connectivity index (χ4n) is 2.61. The van der Waals surface area contributed by atoms with Crippen LogP contribution in [0.4, 0.5) is 5.82 Å². The predicted molar refractivity (Wildman–Crippen MR) is 74.6 cm³/mol. The summed E-state index contributed by atoms with van der Waals surface area (Å²) in [6, 6.07) is 3.81. The molecule has 1 aromatic heterocycles. The number of pyridine rings is 1. The van der Waals surface area contributed by atoms with Crippen molar-refractivity contribution >= 4 is 11.7 Å². The van der Waals surface area contributed by atoms with Crippen LogP contribution in [0.15, 0.2) is 18.3 Å². The number of likely N-dealkylation sites (N-methyl/N-ethyl adjacent to an activating group) is 1. The molecule has 0 aromatic carbocycles. The Morgan fingerprint density at radius 3 is 2.84 bits per heavy atom. The average Bonchev–Trinajstić information content (AvgIpc) is 2.80. The molecule has 0 spiro atoms. The number of carbonyl (C=O) groups is 1. The van der Waals surface area contributed by atoms with Gasteiger partial charge in [-0.15, -0.1) is 0 Å². The van der Waals surface area contributed by atoms with E-state index >= 15 is 0 Å². The van der Waals surface area contributed by atoms with Crippen LogP contribution in [0.25, 0.3) is 0 Å². The highest BCUT2D eigenvalue weighted by molar-refractivity contribution is 5.95. The van der Waals surface area contributed by atoms with E-state index in [9.17, 15) is 4.79 Å². The van der Waals surface area contributed by atoms with Crippen molar-refractivity contribution in [3.05, 3.63) is 23.9 Å². The van der Waals surface area contributed by atoms with Crippen LogP contribution in [0, 0.1) is 5.92 Å². The number of aromatic nitrogens is 1. The maximum absolute atomic E-state index is 12.4. The largest absolute Gasteiger partial charge is 0.337 e. The van der Waals surface area contributed by atoms with Crippen molar-refractivity contribution in [3.8, 4) is 0 Å². The van der Waals surface area contributed by atoms with E-state index in [1.54, 1.807) is 18.3 Å². The minimum atomic E-state index is 0.0371. The highest BCUT2D eigenvalue weighted by atomic mass is 16.2. The highest BCUT2D eigenvalue weighted by Crippen LogP contribution is 2.22. The number of hydrogen-bond acceptors (Lipinski definition) is 5. The molecule has 1 saturated heterocycles. The van der Waals surface area contributed by atoms with E-state index in [0.717, 1.165) is 13.1 Å². The summed E-state index contributed by atoms with van der Waals surface area (Å²) in [5.74, 6) is 6.33. The van der Waals surface area contributed by atoms with Gasteiger partial charge in [-0.3, -0.25) is 4.79 Å². The Kier molecular flexibility index (Phi) is 4.01. The maximum atomic E-state index is 12.4. The van der Waals surface area contributed by atoms with E-state index < -0.39 is 0 Å². The van der Waals surface area contributed by atoms with Gasteiger partial charge in [0, 0.05) is 30.9 Å². The monoisotopic (exact) mass is 263 g/mol. The van der Waals surface area contributed by atoms with Crippen molar-refractivity contribution in [1.29, 1.82) is 0 Å². The Morgan fingerprint density at radius 1 is 1.53 bits per heavy atom. The third-order valence-electron chi connectivity index (χ3n) is 3.68. The van der Waals surface area contributed by atoms with Crippen molar-refractivity contribution in [1.82, 2.24) is 14.8 Å². The quantitative estimate of drug-likeness (QED) is 0.609. The number of rotatable bonds is 3. The number of nitrogens with one attached hydrogen (secondary N) is 1. The Balaban J connectivity index is 2.12. The standard InChI is InChI=1S/C13H21N5O/c1-9-7-18(8-11(9)17(2)3)13(19)10-4-5-15-12(6-10)16-14/h4-6,9,11H,7-8,14H2,1-3H3,(H,15,16). The normalized spacial score (nSPS) is 22.9. The first-order valence-electron chi connectivity index (χ1n) is 6.41. The number of anilines is 1. The number of carbonyl (C=O) groups excluding carboxylic acids is 1. The molecule has 0 bridgehead atoms. The third kappa shape index (κ3) is 2.85. The molecule has 0 saturated carbocycles. The van der Waals surface area contributed by atoms with Gasteiger partial charge in [0.25, 0.3) is 5.91 Å². The average molecular weight is 263 g/mol. The Labute approximate surface area is 113 Å². The van der Waals surface area contributed by atoms with Crippen LogP contribution < -0.4 is 11.3 Å². The highest BCUT2D eigenvalue weighted by Gasteiger charge is 2.33. The summed E-state index contributed by atoms with van der Waals surface area (Å²) in [4.78, 5) is 20.5. The lowest BCUT2D eigenvalue weighted by Crippen LogP contribution is -2.35. The van der Waals surface area contributed by atoms with Gasteiger partial charge in [0.2, 0.25) is 0 Å². The van der Waals surface area contributed by atoms with E-state index in [1.807, 2.05) is 4.90 Å². The van der Waals surface area contributed by atoms with Crippen molar-refractivity contribution in [3.63, 3.8) is 0 Å². The lowest BCUT2D eigenvalue weighted by molar-refractivity contribution is 0.0781. The molecule has 1 aliphatic heterocycles. The molecule has 2 heterocycles. The van der Waals surface area contributed by atoms with Crippen molar-refractivity contribution in [2.75, 3.05) is 32.6 Å². The first-order valence-corrected chi connectivity index (χ1v) is 6.41. The molecule has 1 aliphatic rings. The minimum Gasteiger partial charge on any atom is -0.337 e. The molecular weight excluding hydrogens is 242 g/mol. The number of nitrogen functional groups attached to an aromatic ring is 1. The van der Waals surface area contributed by atoms with Crippen LogP contribution in [0.2, 0.25) is 0 Å². The second-order valence-electron chi connectivity index (χ2n) is 5.29. The summed E-state index contributed by atoms with van der Waals surface area (Å²) in [5.41, 5.74) is 3.08. The molecular formula is C13H21N5O. The summed E-state index contributed by atoms with van der Waals surface area (Å²) in [6.07, 6.45) is 1.59. The predicted octanol–water partition coefficient (Wildman–Crippen LogP) is 0.389. The zero-order valence-electron chi connectivity index (χ0n) is 11.6. The molecule has 0 radical (unpaired) electrons. The molecule has 1 aromatic rings. The molecule has 2 atom stereocenters. The molecule has 19 heavy (non-hydrogen) atoms. The molecule has 104 valence electrons. The van der Waals surface area contributed by atoms with E-state index in [4.69, 9.17) is 5.84 Å². The van der Waals surface area contributed by atoms with Crippen LogP contribution in [0.3, 0.4) is 0 Å². The number of amides is 1. The lowest BCUT2D eigenvalue weighted by Gasteiger charge is -2.22. The SMILES string of the molecule is CC1CN(C(=O)c2ccnc(NN)c2)CC1N(C)C. The molecule has 1 amide bonds. The zero-order valence-corrected chi connectivity index (χ0v) is 11.6. The third-order valence-corrected chi connectivity index (χ3v) is 3.68. The molecule has 3 N–H and O–H groups in total. The first-order chi connectivity index (χ1) is 9.02. The van der Waals surface area contributed by atoms with Gasteiger partial charge < -0.3 is 15.2 Å². The van der Waals surface area contributed by atoms with Gasteiger partial charge in [-0.1, -0.05) is 6.92 Å². The fraction of sp³-hybridized carbons (Fsp3) is 0.538. The van der Waals surface area contributed by atoms with Gasteiger partial charge in [0.1, 0.15) is 5.82 Å². The number of likely N-dealkylation sites (tertiary alicyclic amines) is 1. The summed E-state index contributed by atoms with van der Waals surface area (Å²) in [5, 5.41) is 0. The maximum Gasteiger partial charge on any atom is 0.254 e. The molecule has 0 aliphatic carbocycles. The number of nitrogens with two attached hydrogens (primary N) is 1. The first kappa shape index (κ1) is 13.8. The fourth-order valence-corrected chi connectivity index (χ4v) is 2.61. The topological polar surface area (TPSA) is 74.5 Å². The molecule has 6 nitrogen and oxygen atoms in total. The molecule has 6 heteroatoms. The van der Waals surface area contributed by atoms with Gasteiger partial charge in [0.15, 0.2) is 0 Å². The van der Waals surface area contributed by atoms with E-state index in [1.165, 1.54) is 0 Å². The second-order valence-corrected chi connectivity index (χ2v) is 5.29. The van der Waals surface area contributed by atoms with Crippen LogP contribution in [0.5, 0.6) is 0 Å². The Hall–Kier alpha value is -1.66. The molecule has 2 rings (SSSR count). The van der Waals surface area contributed by atoms with Crippen LogP contribution >= 0.6 is 0 Å². The minimum absolute atomic E-state index is 0.0371. The van der Waals surface area contributed by atoms with Crippen LogP contribution in [0.1, 0.15) is 17.3 Å². The Morgan fingerprint density at radius 2 is 2.26 bits per heavy atom. The van der Waals surface area contributed by atoms with E-state index in [0.29, 0.717) is 23.3 Å². The van der Waals surface area contributed by atoms with E-state index in [2.05, 4.69) is 36.3 Å². The molecule has 2 unspecified atom stereocenters. The van der Waals surface area contributed by atoms with Gasteiger partial charge in [-0.25, -0.2) is 10.8 Å². The van der Waals surface area contributed by atoms with E-state index in [-0.39, 0.29) is 5.91 Å². The zero-order chi connectivity index (χ0) is 14.0. The van der Waals surface area contributed by atoms with Crippen LogP contribution in [-0.4, -0.2) is 53.9 Å². The number of nitrogens with zero attached hydrogens (tertiary/aromatic N) is 3. The van der Waals surface area contributed by atoms with Crippen molar-refractivity contribution < 1.29 is 4.79 Å². The Bertz CT molecular complexity index is 462. The number of hydrogen-bond donors (Lipinski definition) is 2.